The Bertz CT molecular complexity index is 318. The molecule has 0 aromatic heterocycles. The molecule has 0 saturated carbocycles. The number of nitrogens with one attached hydrogen (secondary N) is 1. The van der Waals surface area contributed by atoms with Crippen molar-refractivity contribution in [3.8, 4) is 0 Å². The van der Waals surface area contributed by atoms with Crippen molar-refractivity contribution >= 4 is 0 Å². The third-order valence-electron chi connectivity index (χ3n) is 3.32. The summed E-state index contributed by atoms with van der Waals surface area (Å²) in [6.07, 6.45) is 2.73. The van der Waals surface area contributed by atoms with Crippen molar-refractivity contribution in [1.82, 2.24) is 5.32 Å². The first kappa shape index (κ1) is 11.6. The highest BCUT2D eigenvalue weighted by Gasteiger charge is 2.26. The summed E-state index contributed by atoms with van der Waals surface area (Å²) in [6.45, 7) is 4.06. The lowest BCUT2D eigenvalue weighted by atomic mass is 9.89. The Hall–Kier alpha value is -0.860. The van der Waals surface area contributed by atoms with Crippen LogP contribution >= 0.6 is 0 Å². The van der Waals surface area contributed by atoms with E-state index in [0.29, 0.717) is 5.92 Å². The van der Waals surface area contributed by atoms with E-state index in [4.69, 9.17) is 4.74 Å². The molecule has 0 amide bonds. The molecule has 2 rings (SSSR count). The van der Waals surface area contributed by atoms with Gasteiger partial charge in [0.15, 0.2) is 0 Å². The standard InChI is InChI=1S/C14H21NO/c1-11-5-7-12(8-6-11)14-13(10-15-2)4-3-9-16-14/h5-8,13-15H,3-4,9-10H2,1-2H3. The lowest BCUT2D eigenvalue weighted by molar-refractivity contribution is -0.0272. The number of benzene rings is 1. The summed E-state index contributed by atoms with van der Waals surface area (Å²) in [5.41, 5.74) is 2.63. The fourth-order valence-electron chi connectivity index (χ4n) is 2.44. The first-order valence-corrected chi connectivity index (χ1v) is 6.14. The molecule has 0 radical (unpaired) electrons. The maximum absolute atomic E-state index is 5.93. The minimum Gasteiger partial charge on any atom is -0.373 e. The van der Waals surface area contributed by atoms with Gasteiger partial charge in [-0.1, -0.05) is 29.8 Å². The third-order valence-corrected chi connectivity index (χ3v) is 3.32. The van der Waals surface area contributed by atoms with E-state index in [1.54, 1.807) is 0 Å². The molecule has 2 heteroatoms. The average molecular weight is 219 g/mol. The van der Waals surface area contributed by atoms with Crippen molar-refractivity contribution in [3.63, 3.8) is 0 Å². The molecule has 2 nitrogen and oxygen atoms in total. The zero-order chi connectivity index (χ0) is 11.4. The van der Waals surface area contributed by atoms with E-state index in [1.807, 2.05) is 7.05 Å². The highest BCUT2D eigenvalue weighted by Crippen LogP contribution is 2.33. The molecule has 1 N–H and O–H groups in total. The highest BCUT2D eigenvalue weighted by atomic mass is 16.5. The van der Waals surface area contributed by atoms with Crippen LogP contribution in [0.5, 0.6) is 0 Å². The molecule has 1 aliphatic rings. The molecule has 88 valence electrons. The zero-order valence-electron chi connectivity index (χ0n) is 10.2. The van der Waals surface area contributed by atoms with Gasteiger partial charge in [0.2, 0.25) is 0 Å². The second-order valence-electron chi connectivity index (χ2n) is 4.66. The van der Waals surface area contributed by atoms with Gasteiger partial charge < -0.3 is 10.1 Å². The van der Waals surface area contributed by atoms with E-state index in [0.717, 1.165) is 13.2 Å². The van der Waals surface area contributed by atoms with Crippen molar-refractivity contribution in [1.29, 1.82) is 0 Å². The SMILES string of the molecule is CNCC1CCCOC1c1ccc(C)cc1. The topological polar surface area (TPSA) is 21.3 Å². The van der Waals surface area contributed by atoms with Crippen LogP contribution < -0.4 is 5.32 Å². The molecule has 1 aliphatic heterocycles. The highest BCUT2D eigenvalue weighted by molar-refractivity contribution is 5.24. The molecule has 2 atom stereocenters. The maximum atomic E-state index is 5.93. The van der Waals surface area contributed by atoms with Crippen LogP contribution in [0.4, 0.5) is 0 Å². The second kappa shape index (κ2) is 5.46. The maximum Gasteiger partial charge on any atom is 0.0865 e. The zero-order valence-corrected chi connectivity index (χ0v) is 10.2. The van der Waals surface area contributed by atoms with Gasteiger partial charge in [0, 0.05) is 19.1 Å². The Morgan fingerprint density at radius 3 is 2.75 bits per heavy atom. The summed E-state index contributed by atoms with van der Waals surface area (Å²) in [6, 6.07) is 8.75. The van der Waals surface area contributed by atoms with Crippen molar-refractivity contribution in [2.75, 3.05) is 20.2 Å². The van der Waals surface area contributed by atoms with Crippen molar-refractivity contribution in [3.05, 3.63) is 35.4 Å². The number of ether oxygens (including phenoxy) is 1. The third kappa shape index (κ3) is 2.63. The Labute approximate surface area is 98.0 Å². The van der Waals surface area contributed by atoms with Crippen molar-refractivity contribution < 1.29 is 4.74 Å². The molecule has 1 aromatic carbocycles. The predicted octanol–water partition coefficient (Wildman–Crippen LogP) is 2.68. The first-order valence-electron chi connectivity index (χ1n) is 6.14. The van der Waals surface area contributed by atoms with E-state index in [1.165, 1.54) is 24.0 Å². The molecule has 1 aromatic rings. The normalized spacial score (nSPS) is 25.6. The Morgan fingerprint density at radius 2 is 2.06 bits per heavy atom. The average Bonchev–Trinajstić information content (AvgIpc) is 2.32. The monoisotopic (exact) mass is 219 g/mol. The van der Waals surface area contributed by atoms with Crippen LogP contribution in [0, 0.1) is 12.8 Å². The summed E-state index contributed by atoms with van der Waals surface area (Å²) >= 11 is 0. The molecular weight excluding hydrogens is 198 g/mol. The van der Waals surface area contributed by atoms with Crippen LogP contribution in [0.25, 0.3) is 0 Å². The van der Waals surface area contributed by atoms with Gasteiger partial charge in [0.1, 0.15) is 0 Å². The van der Waals surface area contributed by atoms with Gasteiger partial charge in [-0.3, -0.25) is 0 Å². The van der Waals surface area contributed by atoms with E-state index in [-0.39, 0.29) is 6.10 Å². The van der Waals surface area contributed by atoms with Crippen molar-refractivity contribution in [2.45, 2.75) is 25.9 Å². The lowest BCUT2D eigenvalue weighted by Crippen LogP contribution is -2.30. The van der Waals surface area contributed by atoms with Gasteiger partial charge in [0.25, 0.3) is 0 Å². The van der Waals surface area contributed by atoms with Crippen LogP contribution in [0.1, 0.15) is 30.1 Å². The molecule has 1 heterocycles. The second-order valence-corrected chi connectivity index (χ2v) is 4.66. The number of hydrogen-bond donors (Lipinski definition) is 1. The predicted molar refractivity (Wildman–Crippen MR) is 66.5 cm³/mol. The molecule has 16 heavy (non-hydrogen) atoms. The molecule has 1 fully saturated rings. The summed E-state index contributed by atoms with van der Waals surface area (Å²) in [5.74, 6) is 0.612. The summed E-state index contributed by atoms with van der Waals surface area (Å²) in [5, 5.41) is 3.27. The number of rotatable bonds is 3. The minimum atomic E-state index is 0.279. The quantitative estimate of drug-likeness (QED) is 0.844. The number of aryl methyl sites for hydroxylation is 1. The molecule has 0 aliphatic carbocycles. The first-order chi connectivity index (χ1) is 7.81. The summed E-state index contributed by atoms with van der Waals surface area (Å²) in [4.78, 5) is 0. The molecule has 1 saturated heterocycles. The van der Waals surface area contributed by atoms with Crippen LogP contribution in [0.3, 0.4) is 0 Å². The van der Waals surface area contributed by atoms with Crippen LogP contribution in [-0.4, -0.2) is 20.2 Å². The van der Waals surface area contributed by atoms with Gasteiger partial charge in [-0.15, -0.1) is 0 Å². The van der Waals surface area contributed by atoms with Crippen LogP contribution in [0.15, 0.2) is 24.3 Å². The van der Waals surface area contributed by atoms with Gasteiger partial charge in [0.05, 0.1) is 6.10 Å². The fraction of sp³-hybridized carbons (Fsp3) is 0.571. The Morgan fingerprint density at radius 1 is 1.31 bits per heavy atom. The smallest absolute Gasteiger partial charge is 0.0865 e. The summed E-state index contributed by atoms with van der Waals surface area (Å²) in [7, 11) is 2.01. The molecule has 0 spiro atoms. The molecular formula is C14H21NO. The van der Waals surface area contributed by atoms with Crippen LogP contribution in [0.2, 0.25) is 0 Å². The Balaban J connectivity index is 2.13. The van der Waals surface area contributed by atoms with Gasteiger partial charge >= 0.3 is 0 Å². The van der Waals surface area contributed by atoms with Crippen LogP contribution in [-0.2, 0) is 4.74 Å². The largest absolute Gasteiger partial charge is 0.373 e. The van der Waals surface area contributed by atoms with Gasteiger partial charge in [-0.2, -0.15) is 0 Å². The van der Waals surface area contributed by atoms with E-state index >= 15 is 0 Å². The molecule has 2 unspecified atom stereocenters. The fourth-order valence-corrected chi connectivity index (χ4v) is 2.44. The minimum absolute atomic E-state index is 0.279. The molecule has 0 bridgehead atoms. The lowest BCUT2D eigenvalue weighted by Gasteiger charge is -2.32. The van der Waals surface area contributed by atoms with Gasteiger partial charge in [-0.05, 0) is 32.4 Å². The number of hydrogen-bond acceptors (Lipinski definition) is 2. The van der Waals surface area contributed by atoms with Gasteiger partial charge in [-0.25, -0.2) is 0 Å². The van der Waals surface area contributed by atoms with Crippen molar-refractivity contribution in [2.24, 2.45) is 5.92 Å². The van der Waals surface area contributed by atoms with E-state index < -0.39 is 0 Å². The summed E-state index contributed by atoms with van der Waals surface area (Å²) < 4.78 is 5.93. The Kier molecular flexibility index (Phi) is 3.97. The van der Waals surface area contributed by atoms with E-state index in [2.05, 4.69) is 36.5 Å². The van der Waals surface area contributed by atoms with E-state index in [9.17, 15) is 0 Å².